The molecule has 2 atom stereocenters. The van der Waals surface area contributed by atoms with E-state index in [2.05, 4.69) is 23.7 Å². The standard InChI is InChI=1S/C14H25N3OS/c1-5-12(15)14(11-6-7-19-9-11)17(4)8-13(18)16-10(2)3/h6-7,9-10,12,14H,5,8,15H2,1-4H3,(H,16,18). The molecule has 0 spiro atoms. The molecule has 0 bridgehead atoms. The number of nitrogens with two attached hydrogens (primary N) is 1. The Hall–Kier alpha value is -0.910. The average Bonchev–Trinajstić information content (AvgIpc) is 2.81. The number of amides is 1. The van der Waals surface area contributed by atoms with Crippen LogP contribution in [0.1, 0.15) is 38.8 Å². The molecule has 1 aromatic rings. The summed E-state index contributed by atoms with van der Waals surface area (Å²) in [4.78, 5) is 13.9. The maximum Gasteiger partial charge on any atom is 0.234 e. The summed E-state index contributed by atoms with van der Waals surface area (Å²) < 4.78 is 0. The fourth-order valence-corrected chi connectivity index (χ4v) is 2.88. The van der Waals surface area contributed by atoms with Crippen molar-refractivity contribution in [2.45, 2.75) is 45.3 Å². The van der Waals surface area contributed by atoms with Crippen molar-refractivity contribution in [2.75, 3.05) is 13.6 Å². The third-order valence-corrected chi connectivity index (χ3v) is 3.78. The summed E-state index contributed by atoms with van der Waals surface area (Å²) in [6, 6.07) is 2.38. The van der Waals surface area contributed by atoms with E-state index in [4.69, 9.17) is 5.73 Å². The Morgan fingerprint density at radius 2 is 2.21 bits per heavy atom. The summed E-state index contributed by atoms with van der Waals surface area (Å²) in [5.74, 6) is 0.0426. The Kier molecular flexibility index (Phi) is 6.48. The number of likely N-dealkylation sites (N-methyl/N-ethyl adjacent to an activating group) is 1. The zero-order valence-electron chi connectivity index (χ0n) is 12.2. The van der Waals surface area contributed by atoms with Gasteiger partial charge >= 0.3 is 0 Å². The molecule has 0 radical (unpaired) electrons. The highest BCUT2D eigenvalue weighted by Crippen LogP contribution is 2.25. The van der Waals surface area contributed by atoms with Crippen molar-refractivity contribution in [1.82, 2.24) is 10.2 Å². The first-order valence-electron chi connectivity index (χ1n) is 6.73. The number of carbonyl (C=O) groups excluding carboxylic acids is 1. The fourth-order valence-electron chi connectivity index (χ4n) is 2.19. The molecule has 0 aliphatic rings. The summed E-state index contributed by atoms with van der Waals surface area (Å²) in [5, 5.41) is 7.07. The molecule has 0 aliphatic carbocycles. The highest BCUT2D eigenvalue weighted by atomic mass is 32.1. The van der Waals surface area contributed by atoms with Crippen LogP contribution in [0, 0.1) is 0 Å². The lowest BCUT2D eigenvalue weighted by atomic mass is 9.99. The first kappa shape index (κ1) is 16.1. The minimum atomic E-state index is 0.0337. The number of thiophene rings is 1. The van der Waals surface area contributed by atoms with E-state index < -0.39 is 0 Å². The zero-order chi connectivity index (χ0) is 14.4. The maximum absolute atomic E-state index is 11.9. The number of carbonyl (C=O) groups is 1. The highest BCUT2D eigenvalue weighted by Gasteiger charge is 2.24. The van der Waals surface area contributed by atoms with Crippen molar-refractivity contribution in [1.29, 1.82) is 0 Å². The Morgan fingerprint density at radius 3 is 2.68 bits per heavy atom. The predicted molar refractivity (Wildman–Crippen MR) is 81.2 cm³/mol. The first-order chi connectivity index (χ1) is 8.95. The van der Waals surface area contributed by atoms with Crippen molar-refractivity contribution in [2.24, 2.45) is 5.73 Å². The lowest BCUT2D eigenvalue weighted by Crippen LogP contribution is -2.44. The highest BCUT2D eigenvalue weighted by molar-refractivity contribution is 7.07. The second kappa shape index (κ2) is 7.62. The minimum absolute atomic E-state index is 0.0337. The third-order valence-electron chi connectivity index (χ3n) is 3.08. The number of rotatable bonds is 7. The van der Waals surface area contributed by atoms with Gasteiger partial charge in [-0.25, -0.2) is 0 Å². The van der Waals surface area contributed by atoms with Crippen LogP contribution in [-0.2, 0) is 4.79 Å². The van der Waals surface area contributed by atoms with Crippen LogP contribution in [0.25, 0.3) is 0 Å². The van der Waals surface area contributed by atoms with E-state index in [1.165, 1.54) is 5.56 Å². The van der Waals surface area contributed by atoms with Crippen molar-refractivity contribution in [3.8, 4) is 0 Å². The van der Waals surface area contributed by atoms with E-state index in [0.717, 1.165) is 6.42 Å². The lowest BCUT2D eigenvalue weighted by molar-refractivity contribution is -0.123. The Labute approximate surface area is 120 Å². The summed E-state index contributed by atoms with van der Waals surface area (Å²) in [6.45, 7) is 6.37. The van der Waals surface area contributed by atoms with Gasteiger partial charge in [0.1, 0.15) is 0 Å². The first-order valence-corrected chi connectivity index (χ1v) is 7.67. The predicted octanol–water partition coefficient (Wildman–Crippen LogP) is 1.98. The SMILES string of the molecule is CCC(N)C(c1ccsc1)N(C)CC(=O)NC(C)C. The molecule has 108 valence electrons. The van der Waals surface area contributed by atoms with Crippen molar-refractivity contribution in [3.05, 3.63) is 22.4 Å². The molecular weight excluding hydrogens is 258 g/mol. The van der Waals surface area contributed by atoms with E-state index in [-0.39, 0.29) is 24.0 Å². The van der Waals surface area contributed by atoms with Crippen LogP contribution < -0.4 is 11.1 Å². The zero-order valence-corrected chi connectivity index (χ0v) is 13.0. The molecule has 0 aromatic carbocycles. The molecule has 0 saturated heterocycles. The van der Waals surface area contributed by atoms with Crippen LogP contribution in [0.3, 0.4) is 0 Å². The van der Waals surface area contributed by atoms with Gasteiger partial charge in [-0.15, -0.1) is 0 Å². The molecule has 1 heterocycles. The van der Waals surface area contributed by atoms with Gasteiger partial charge in [-0.2, -0.15) is 11.3 Å². The van der Waals surface area contributed by atoms with Crippen LogP contribution in [0.15, 0.2) is 16.8 Å². The van der Waals surface area contributed by atoms with Crippen LogP contribution in [0.4, 0.5) is 0 Å². The van der Waals surface area contributed by atoms with Crippen molar-refractivity contribution < 1.29 is 4.79 Å². The van der Waals surface area contributed by atoms with Gasteiger partial charge < -0.3 is 11.1 Å². The fraction of sp³-hybridized carbons (Fsp3) is 0.643. The molecule has 1 aromatic heterocycles. The van der Waals surface area contributed by atoms with Gasteiger partial charge in [0.15, 0.2) is 0 Å². The lowest BCUT2D eigenvalue weighted by Gasteiger charge is -2.31. The van der Waals surface area contributed by atoms with Gasteiger partial charge in [-0.1, -0.05) is 6.92 Å². The molecule has 3 N–H and O–H groups in total. The number of nitrogens with one attached hydrogen (secondary N) is 1. The second-order valence-electron chi connectivity index (χ2n) is 5.21. The van der Waals surface area contributed by atoms with Crippen molar-refractivity contribution >= 4 is 17.2 Å². The quantitative estimate of drug-likeness (QED) is 0.804. The van der Waals surface area contributed by atoms with Crippen LogP contribution in [0.5, 0.6) is 0 Å². The van der Waals surface area contributed by atoms with E-state index in [9.17, 15) is 4.79 Å². The van der Waals surface area contributed by atoms with Crippen LogP contribution in [0.2, 0.25) is 0 Å². The van der Waals surface area contributed by atoms with Crippen LogP contribution >= 0.6 is 11.3 Å². The van der Waals surface area contributed by atoms with Crippen molar-refractivity contribution in [3.63, 3.8) is 0 Å². The molecule has 2 unspecified atom stereocenters. The van der Waals surface area contributed by atoms with Gasteiger partial charge in [0.05, 0.1) is 12.6 Å². The van der Waals surface area contributed by atoms with Gasteiger partial charge in [0, 0.05) is 12.1 Å². The Morgan fingerprint density at radius 1 is 1.53 bits per heavy atom. The molecule has 4 nitrogen and oxygen atoms in total. The molecule has 19 heavy (non-hydrogen) atoms. The maximum atomic E-state index is 11.9. The Balaban J connectivity index is 2.73. The molecular formula is C14H25N3OS. The average molecular weight is 283 g/mol. The number of hydrogen-bond donors (Lipinski definition) is 2. The van der Waals surface area contributed by atoms with E-state index in [0.29, 0.717) is 6.54 Å². The minimum Gasteiger partial charge on any atom is -0.353 e. The summed E-state index contributed by atoms with van der Waals surface area (Å²) in [5.41, 5.74) is 7.41. The molecule has 1 rings (SSSR count). The second-order valence-corrected chi connectivity index (χ2v) is 5.99. The van der Waals surface area contributed by atoms with Gasteiger partial charge in [-0.05, 0) is 49.7 Å². The molecule has 5 heteroatoms. The number of hydrogen-bond acceptors (Lipinski definition) is 4. The molecule has 0 fully saturated rings. The van der Waals surface area contributed by atoms with Gasteiger partial charge in [0.25, 0.3) is 0 Å². The van der Waals surface area contributed by atoms with Gasteiger partial charge in [-0.3, -0.25) is 9.69 Å². The topological polar surface area (TPSA) is 58.4 Å². The smallest absolute Gasteiger partial charge is 0.234 e. The van der Waals surface area contributed by atoms with Crippen LogP contribution in [-0.4, -0.2) is 36.5 Å². The van der Waals surface area contributed by atoms with E-state index in [1.54, 1.807) is 11.3 Å². The summed E-state index contributed by atoms with van der Waals surface area (Å²) >= 11 is 1.66. The van der Waals surface area contributed by atoms with E-state index >= 15 is 0 Å². The Bertz CT molecular complexity index is 378. The summed E-state index contributed by atoms with van der Waals surface area (Å²) in [7, 11) is 1.96. The number of nitrogens with zero attached hydrogens (tertiary/aromatic N) is 1. The normalized spacial score (nSPS) is 14.7. The molecule has 0 aliphatic heterocycles. The van der Waals surface area contributed by atoms with E-state index in [1.807, 2.05) is 31.2 Å². The monoisotopic (exact) mass is 283 g/mol. The van der Waals surface area contributed by atoms with Gasteiger partial charge in [0.2, 0.25) is 5.91 Å². The molecule has 0 saturated carbocycles. The molecule has 1 amide bonds. The third kappa shape index (κ3) is 4.93. The summed E-state index contributed by atoms with van der Waals surface area (Å²) in [6.07, 6.45) is 0.886. The largest absolute Gasteiger partial charge is 0.353 e.